The predicted molar refractivity (Wildman–Crippen MR) is 85.9 cm³/mol. The van der Waals surface area contributed by atoms with E-state index >= 15 is 0 Å². The Labute approximate surface area is 127 Å². The van der Waals surface area contributed by atoms with Crippen molar-refractivity contribution in [2.75, 3.05) is 4.90 Å². The second-order valence-corrected chi connectivity index (χ2v) is 6.29. The van der Waals surface area contributed by atoms with Crippen LogP contribution in [0.15, 0.2) is 24.4 Å². The molecule has 1 aromatic rings. The van der Waals surface area contributed by atoms with Gasteiger partial charge in [0, 0.05) is 12.2 Å². The summed E-state index contributed by atoms with van der Waals surface area (Å²) in [4.78, 5) is 19.1. The number of carbonyl (C=O) groups is 1. The lowest BCUT2D eigenvalue weighted by Gasteiger charge is -2.29. The molecule has 1 N–H and O–H groups in total. The van der Waals surface area contributed by atoms with E-state index in [1.54, 1.807) is 6.20 Å². The van der Waals surface area contributed by atoms with E-state index in [1.807, 2.05) is 31.7 Å². The van der Waals surface area contributed by atoms with Gasteiger partial charge in [0.2, 0.25) is 5.91 Å². The summed E-state index contributed by atoms with van der Waals surface area (Å²) in [5, 5.41) is 9.21. The van der Waals surface area contributed by atoms with Crippen LogP contribution < -0.4 is 10.4 Å². The van der Waals surface area contributed by atoms with Crippen LogP contribution in [0.1, 0.15) is 46.2 Å². The van der Waals surface area contributed by atoms with E-state index in [9.17, 15) is 9.82 Å². The topological polar surface area (TPSA) is 53.4 Å². The van der Waals surface area contributed by atoms with Gasteiger partial charge in [-0.1, -0.05) is 12.5 Å². The fourth-order valence-electron chi connectivity index (χ4n) is 2.90. The van der Waals surface area contributed by atoms with E-state index in [0.717, 1.165) is 37.3 Å². The van der Waals surface area contributed by atoms with Gasteiger partial charge in [0.1, 0.15) is 0 Å². The molecule has 1 unspecified atom stereocenters. The van der Waals surface area contributed by atoms with Gasteiger partial charge in [0.05, 0.1) is 16.8 Å². The van der Waals surface area contributed by atoms with E-state index in [2.05, 4.69) is 18.5 Å². The minimum atomic E-state index is -0.633. The predicted octanol–water partition coefficient (Wildman–Crippen LogP) is 1.69. The van der Waals surface area contributed by atoms with Crippen LogP contribution in [-0.2, 0) is 10.2 Å². The maximum absolute atomic E-state index is 12.8. The van der Waals surface area contributed by atoms with Gasteiger partial charge < -0.3 is 9.92 Å². The summed E-state index contributed by atoms with van der Waals surface area (Å²) in [7, 11) is 1.01. The zero-order valence-electron chi connectivity index (χ0n) is 13.2. The SMILES string of the molecule is C=C(C)CC(CC)N1C(=O)C(C)(C)c2ncc([B]O)cc21. The lowest BCUT2D eigenvalue weighted by Crippen LogP contribution is -2.43. The molecule has 0 aliphatic carbocycles. The van der Waals surface area contributed by atoms with Crippen molar-refractivity contribution in [3.05, 3.63) is 30.1 Å². The van der Waals surface area contributed by atoms with E-state index in [0.29, 0.717) is 5.46 Å². The highest BCUT2D eigenvalue weighted by Crippen LogP contribution is 2.41. The van der Waals surface area contributed by atoms with E-state index in [4.69, 9.17) is 0 Å². The number of fused-ring (bicyclic) bond motifs is 1. The maximum atomic E-state index is 12.8. The van der Waals surface area contributed by atoms with Crippen LogP contribution in [0.4, 0.5) is 5.69 Å². The molecule has 1 radical (unpaired) electrons. The molecule has 0 spiro atoms. The monoisotopic (exact) mass is 285 g/mol. The summed E-state index contributed by atoms with van der Waals surface area (Å²) in [5.41, 5.74) is 2.61. The molecule has 0 fully saturated rings. The number of anilines is 1. The average molecular weight is 285 g/mol. The van der Waals surface area contributed by atoms with Gasteiger partial charge in [-0.2, -0.15) is 0 Å². The number of pyridine rings is 1. The maximum Gasteiger partial charge on any atom is 0.328 e. The molecular formula is C16H22BN2O2. The standard InChI is InChI=1S/C16H22BN2O2/c1-6-12(7-10(2)3)19-13-8-11(17-21)9-18-14(13)16(4,5)15(19)20/h8-9,12,21H,2,6-7H2,1,3-5H3. The number of nitrogens with zero attached hydrogens (tertiary/aromatic N) is 2. The Morgan fingerprint density at radius 1 is 1.57 bits per heavy atom. The fraction of sp³-hybridized carbons (Fsp3) is 0.500. The Kier molecular flexibility index (Phi) is 4.24. The molecule has 1 atom stereocenters. The number of hydrogen-bond donors (Lipinski definition) is 1. The van der Waals surface area contributed by atoms with Crippen molar-refractivity contribution < 1.29 is 9.82 Å². The molecule has 2 rings (SSSR count). The smallest absolute Gasteiger partial charge is 0.328 e. The largest absolute Gasteiger partial charge is 0.450 e. The highest BCUT2D eigenvalue weighted by molar-refractivity contribution is 6.45. The summed E-state index contributed by atoms with van der Waals surface area (Å²) in [6, 6.07) is 1.90. The van der Waals surface area contributed by atoms with Gasteiger partial charge in [-0.25, -0.2) is 0 Å². The Morgan fingerprint density at radius 3 is 2.76 bits per heavy atom. The molecule has 1 aliphatic heterocycles. The third-order valence-corrected chi connectivity index (χ3v) is 4.06. The summed E-state index contributed by atoms with van der Waals surface area (Å²) in [5.74, 6) is 0.0631. The van der Waals surface area contributed by atoms with Crippen molar-refractivity contribution >= 4 is 24.5 Å². The highest BCUT2D eigenvalue weighted by Gasteiger charge is 2.47. The Bertz CT molecular complexity index is 584. The quantitative estimate of drug-likeness (QED) is 0.661. The molecule has 1 aromatic heterocycles. The molecule has 0 saturated carbocycles. The van der Waals surface area contributed by atoms with Crippen molar-refractivity contribution in [2.24, 2.45) is 0 Å². The van der Waals surface area contributed by atoms with Crippen molar-refractivity contribution in [1.29, 1.82) is 0 Å². The second-order valence-electron chi connectivity index (χ2n) is 6.29. The van der Waals surface area contributed by atoms with Crippen LogP contribution in [0.3, 0.4) is 0 Å². The zero-order valence-corrected chi connectivity index (χ0v) is 13.2. The molecule has 1 aliphatic rings. The van der Waals surface area contributed by atoms with E-state index < -0.39 is 5.41 Å². The molecule has 4 nitrogen and oxygen atoms in total. The molecule has 0 bridgehead atoms. The van der Waals surface area contributed by atoms with Gasteiger partial charge in [-0.3, -0.25) is 9.78 Å². The first-order chi connectivity index (χ1) is 9.82. The van der Waals surface area contributed by atoms with Gasteiger partial charge in [0.15, 0.2) is 0 Å². The third-order valence-electron chi connectivity index (χ3n) is 4.06. The zero-order chi connectivity index (χ0) is 15.8. The van der Waals surface area contributed by atoms with Gasteiger partial charge in [0.25, 0.3) is 0 Å². The lowest BCUT2D eigenvalue weighted by atomic mass is 9.87. The second kappa shape index (κ2) is 5.64. The molecule has 0 aromatic carbocycles. The summed E-state index contributed by atoms with van der Waals surface area (Å²) in [6.07, 6.45) is 3.21. The van der Waals surface area contributed by atoms with Crippen LogP contribution in [0, 0.1) is 0 Å². The molecule has 1 amide bonds. The van der Waals surface area contributed by atoms with Crippen LogP contribution in [-0.4, -0.2) is 29.4 Å². The van der Waals surface area contributed by atoms with Gasteiger partial charge >= 0.3 is 7.48 Å². The first-order valence-corrected chi connectivity index (χ1v) is 7.28. The van der Waals surface area contributed by atoms with Gasteiger partial charge in [-0.15, -0.1) is 6.58 Å². The van der Waals surface area contributed by atoms with Crippen LogP contribution in [0.25, 0.3) is 0 Å². The molecule has 111 valence electrons. The minimum Gasteiger partial charge on any atom is -0.450 e. The minimum absolute atomic E-state index is 0.0631. The van der Waals surface area contributed by atoms with Crippen LogP contribution in [0.2, 0.25) is 0 Å². The third kappa shape index (κ3) is 2.62. The number of carbonyl (C=O) groups excluding carboxylic acids is 1. The summed E-state index contributed by atoms with van der Waals surface area (Å²) < 4.78 is 0. The van der Waals surface area contributed by atoms with Crippen LogP contribution in [0.5, 0.6) is 0 Å². The number of aromatic nitrogens is 1. The Balaban J connectivity index is 2.53. The van der Waals surface area contributed by atoms with Crippen molar-refractivity contribution in [3.63, 3.8) is 0 Å². The fourth-order valence-corrected chi connectivity index (χ4v) is 2.90. The van der Waals surface area contributed by atoms with Crippen molar-refractivity contribution in [2.45, 2.75) is 52.0 Å². The normalized spacial score (nSPS) is 17.6. The van der Waals surface area contributed by atoms with Crippen molar-refractivity contribution in [1.82, 2.24) is 4.98 Å². The van der Waals surface area contributed by atoms with Crippen LogP contribution >= 0.6 is 0 Å². The Morgan fingerprint density at radius 2 is 2.24 bits per heavy atom. The summed E-state index contributed by atoms with van der Waals surface area (Å²) in [6.45, 7) is 11.8. The van der Waals surface area contributed by atoms with E-state index in [1.165, 1.54) is 0 Å². The van der Waals surface area contributed by atoms with E-state index in [-0.39, 0.29) is 11.9 Å². The summed E-state index contributed by atoms with van der Waals surface area (Å²) >= 11 is 0. The molecular weight excluding hydrogens is 263 g/mol. The number of amides is 1. The van der Waals surface area contributed by atoms with Gasteiger partial charge in [-0.05, 0) is 45.1 Å². The average Bonchev–Trinajstić information content (AvgIpc) is 2.63. The first kappa shape index (κ1) is 15.8. The molecule has 0 saturated heterocycles. The highest BCUT2D eigenvalue weighted by atomic mass is 16.2. The first-order valence-electron chi connectivity index (χ1n) is 7.28. The molecule has 2 heterocycles. The molecule has 5 heteroatoms. The van der Waals surface area contributed by atoms with Crippen molar-refractivity contribution in [3.8, 4) is 0 Å². The Hall–Kier alpha value is -1.62. The molecule has 21 heavy (non-hydrogen) atoms. The lowest BCUT2D eigenvalue weighted by molar-refractivity contribution is -0.122. The number of rotatable bonds is 5. The number of hydrogen-bond acceptors (Lipinski definition) is 3.